The minimum Gasteiger partial charge on any atom is -0.262 e. The van der Waals surface area contributed by atoms with Gasteiger partial charge in [-0.15, -0.1) is 0 Å². The van der Waals surface area contributed by atoms with Crippen molar-refractivity contribution >= 4 is 21.7 Å². The van der Waals surface area contributed by atoms with Crippen LogP contribution in [-0.4, -0.2) is 9.97 Å². The van der Waals surface area contributed by atoms with E-state index in [4.69, 9.17) is 4.98 Å². The molecule has 1 aliphatic rings. The van der Waals surface area contributed by atoms with Gasteiger partial charge in [-0.25, -0.2) is 4.98 Å². The molecule has 2 heteroatoms. The molecule has 5 aromatic rings. The van der Waals surface area contributed by atoms with Gasteiger partial charge in [0.25, 0.3) is 0 Å². The summed E-state index contributed by atoms with van der Waals surface area (Å²) < 4.78 is 0. The van der Waals surface area contributed by atoms with E-state index < -0.39 is 0 Å². The van der Waals surface area contributed by atoms with Crippen molar-refractivity contribution in [1.82, 2.24) is 9.97 Å². The Bertz CT molecular complexity index is 1340. The van der Waals surface area contributed by atoms with E-state index in [1.54, 1.807) is 0 Å². The fourth-order valence-corrected chi connectivity index (χ4v) is 4.40. The lowest BCUT2D eigenvalue weighted by Gasteiger charge is -2.13. The molecule has 0 spiro atoms. The van der Waals surface area contributed by atoms with E-state index in [0.717, 1.165) is 23.2 Å². The van der Waals surface area contributed by atoms with E-state index in [2.05, 4.69) is 71.7 Å². The van der Waals surface area contributed by atoms with Crippen LogP contribution >= 0.6 is 0 Å². The second kappa shape index (κ2) is 5.49. The average molecular weight is 344 g/mol. The lowest BCUT2D eigenvalue weighted by molar-refractivity contribution is 1.28. The van der Waals surface area contributed by atoms with Crippen molar-refractivity contribution in [1.29, 1.82) is 0 Å². The van der Waals surface area contributed by atoms with Crippen LogP contribution in [0, 0.1) is 0 Å². The van der Waals surface area contributed by atoms with Crippen LogP contribution < -0.4 is 0 Å². The van der Waals surface area contributed by atoms with Crippen LogP contribution in [-0.2, 0) is 6.42 Å². The van der Waals surface area contributed by atoms with Crippen molar-refractivity contribution in [2.75, 3.05) is 0 Å². The highest BCUT2D eigenvalue weighted by atomic mass is 14.7. The lowest BCUT2D eigenvalue weighted by atomic mass is 9.94. The molecule has 1 aliphatic carbocycles. The first-order valence-corrected chi connectivity index (χ1v) is 9.23. The Morgan fingerprint density at radius 3 is 2.48 bits per heavy atom. The molecule has 0 saturated carbocycles. The van der Waals surface area contributed by atoms with Crippen LogP contribution in [0.15, 0.2) is 85.2 Å². The third-order valence-electron chi connectivity index (χ3n) is 5.59. The number of benzene rings is 3. The molecule has 0 saturated heterocycles. The van der Waals surface area contributed by atoms with Crippen molar-refractivity contribution in [2.24, 2.45) is 0 Å². The Kier molecular flexibility index (Phi) is 2.97. The number of pyridine rings is 2. The molecule has 0 atom stereocenters. The van der Waals surface area contributed by atoms with Crippen LogP contribution in [0.4, 0.5) is 0 Å². The number of hydrogen-bond acceptors (Lipinski definition) is 2. The maximum atomic E-state index is 4.99. The second-order valence-electron chi connectivity index (χ2n) is 7.07. The number of rotatable bonds is 1. The summed E-state index contributed by atoms with van der Waals surface area (Å²) in [6, 6.07) is 25.8. The summed E-state index contributed by atoms with van der Waals surface area (Å²) in [5.74, 6) is 0. The predicted molar refractivity (Wildman–Crippen MR) is 111 cm³/mol. The van der Waals surface area contributed by atoms with E-state index in [0.29, 0.717) is 0 Å². The van der Waals surface area contributed by atoms with Crippen LogP contribution in [0.2, 0.25) is 0 Å². The fourth-order valence-electron chi connectivity index (χ4n) is 4.40. The molecule has 0 bridgehead atoms. The third-order valence-corrected chi connectivity index (χ3v) is 5.59. The molecule has 0 aliphatic heterocycles. The highest BCUT2D eigenvalue weighted by Gasteiger charge is 2.23. The third kappa shape index (κ3) is 2.07. The first-order chi connectivity index (χ1) is 13.4. The summed E-state index contributed by atoms with van der Waals surface area (Å²) in [6.07, 6.45) is 4.72. The topological polar surface area (TPSA) is 25.8 Å². The quantitative estimate of drug-likeness (QED) is 0.341. The minimum absolute atomic E-state index is 0.952. The van der Waals surface area contributed by atoms with E-state index in [9.17, 15) is 0 Å². The van der Waals surface area contributed by atoms with Gasteiger partial charge in [-0.1, -0.05) is 66.7 Å². The van der Waals surface area contributed by atoms with Gasteiger partial charge in [0.05, 0.1) is 17.4 Å². The first-order valence-electron chi connectivity index (χ1n) is 9.23. The van der Waals surface area contributed by atoms with Crippen LogP contribution in [0.25, 0.3) is 44.1 Å². The van der Waals surface area contributed by atoms with Gasteiger partial charge in [0.2, 0.25) is 0 Å². The number of aromatic nitrogens is 2. The molecule has 3 aromatic carbocycles. The highest BCUT2D eigenvalue weighted by molar-refractivity contribution is 6.14. The summed E-state index contributed by atoms with van der Waals surface area (Å²) in [5, 5.41) is 3.71. The Balaban J connectivity index is 1.78. The molecule has 0 radical (unpaired) electrons. The number of fused-ring (bicyclic) bond motifs is 7. The molecule has 0 N–H and O–H groups in total. The maximum Gasteiger partial charge on any atom is 0.0899 e. The van der Waals surface area contributed by atoms with Gasteiger partial charge in [-0.2, -0.15) is 0 Å². The van der Waals surface area contributed by atoms with Crippen LogP contribution in [0.1, 0.15) is 11.1 Å². The Morgan fingerprint density at radius 1 is 0.704 bits per heavy atom. The minimum atomic E-state index is 0.952. The van der Waals surface area contributed by atoms with Crippen molar-refractivity contribution < 1.29 is 0 Å². The second-order valence-corrected chi connectivity index (χ2v) is 7.07. The predicted octanol–water partition coefficient (Wildman–Crippen LogP) is 6.02. The zero-order chi connectivity index (χ0) is 17.8. The number of hydrogen-bond donors (Lipinski definition) is 0. The summed E-state index contributed by atoms with van der Waals surface area (Å²) in [5.41, 5.74) is 8.64. The Labute approximate surface area is 157 Å². The van der Waals surface area contributed by atoms with Crippen LogP contribution in [0.3, 0.4) is 0 Å². The standard InChI is InChI=1S/C25H16N2/c1-2-6-16(7-3-1)25-21-11-10-19-18-9-5-4-8-17(18)14-22(19)24(21)20-12-13-26-15-23(20)27-25/h1-13,15H,14H2. The van der Waals surface area contributed by atoms with Crippen molar-refractivity contribution in [3.63, 3.8) is 0 Å². The Morgan fingerprint density at radius 2 is 1.56 bits per heavy atom. The molecule has 0 amide bonds. The molecular weight excluding hydrogens is 328 g/mol. The van der Waals surface area contributed by atoms with Crippen molar-refractivity contribution in [2.45, 2.75) is 6.42 Å². The van der Waals surface area contributed by atoms with Crippen LogP contribution in [0.5, 0.6) is 0 Å². The van der Waals surface area contributed by atoms with E-state index in [1.165, 1.54) is 38.4 Å². The van der Waals surface area contributed by atoms with Crippen molar-refractivity contribution in [3.05, 3.63) is 96.3 Å². The van der Waals surface area contributed by atoms with Gasteiger partial charge >= 0.3 is 0 Å². The van der Waals surface area contributed by atoms with E-state index in [-0.39, 0.29) is 0 Å². The van der Waals surface area contributed by atoms with Crippen molar-refractivity contribution in [3.8, 4) is 22.4 Å². The fraction of sp³-hybridized carbons (Fsp3) is 0.0400. The normalized spacial score (nSPS) is 12.3. The highest BCUT2D eigenvalue weighted by Crippen LogP contribution is 2.44. The van der Waals surface area contributed by atoms with Gasteiger partial charge in [-0.05, 0) is 40.1 Å². The zero-order valence-corrected chi connectivity index (χ0v) is 14.7. The molecule has 2 nitrogen and oxygen atoms in total. The average Bonchev–Trinajstić information content (AvgIpc) is 3.12. The summed E-state index contributed by atoms with van der Waals surface area (Å²) in [4.78, 5) is 9.31. The lowest BCUT2D eigenvalue weighted by Crippen LogP contribution is -1.93. The molecule has 2 aromatic heterocycles. The molecule has 2 heterocycles. The largest absolute Gasteiger partial charge is 0.262 e. The smallest absolute Gasteiger partial charge is 0.0899 e. The monoisotopic (exact) mass is 344 g/mol. The van der Waals surface area contributed by atoms with Gasteiger partial charge in [-0.3, -0.25) is 4.98 Å². The van der Waals surface area contributed by atoms with E-state index in [1.807, 2.05) is 18.5 Å². The zero-order valence-electron chi connectivity index (χ0n) is 14.7. The molecular formula is C25H16N2. The van der Waals surface area contributed by atoms with Gasteiger partial charge in [0, 0.05) is 22.5 Å². The summed E-state index contributed by atoms with van der Waals surface area (Å²) in [6.45, 7) is 0. The maximum absolute atomic E-state index is 4.99. The molecule has 0 unspecified atom stereocenters. The van der Waals surface area contributed by atoms with Gasteiger partial charge in [0.15, 0.2) is 0 Å². The van der Waals surface area contributed by atoms with Gasteiger partial charge < -0.3 is 0 Å². The van der Waals surface area contributed by atoms with Gasteiger partial charge in [0.1, 0.15) is 0 Å². The van der Waals surface area contributed by atoms with E-state index >= 15 is 0 Å². The molecule has 6 rings (SSSR count). The first kappa shape index (κ1) is 14.6. The Hall–Kier alpha value is -3.52. The summed E-state index contributed by atoms with van der Waals surface area (Å²) >= 11 is 0. The number of nitrogens with zero attached hydrogens (tertiary/aromatic N) is 2. The molecule has 0 fully saturated rings. The SMILES string of the molecule is c1ccc(-c2nc3cnccc3c3c4c(ccc23)-c2ccccc2C4)cc1. The molecule has 27 heavy (non-hydrogen) atoms. The molecule has 126 valence electrons. The summed E-state index contributed by atoms with van der Waals surface area (Å²) in [7, 11) is 0.